The molecule has 0 saturated carbocycles. The normalized spacial score (nSPS) is 11.2. The molecule has 0 aliphatic rings. The molecule has 0 amide bonds. The molecule has 2 N–H and O–H groups in total. The molecule has 0 unspecified atom stereocenters. The Kier molecular flexibility index (Phi) is 3.00. The molecule has 2 aromatic carbocycles. The molecule has 5 rings (SSSR count). The van der Waals surface area contributed by atoms with Crippen LogP contribution in [-0.4, -0.2) is 24.6 Å². The molecule has 0 spiro atoms. The molecule has 0 saturated heterocycles. The van der Waals surface area contributed by atoms with E-state index in [9.17, 15) is 0 Å². The molecule has 0 atom stereocenters. The van der Waals surface area contributed by atoms with Crippen LogP contribution < -0.4 is 5.32 Å². The first-order chi connectivity index (χ1) is 12.4. The fourth-order valence-electron chi connectivity index (χ4n) is 2.94. The van der Waals surface area contributed by atoms with Crippen molar-refractivity contribution in [3.8, 4) is 11.3 Å². The molecule has 25 heavy (non-hydrogen) atoms. The number of benzene rings is 2. The average molecular weight is 326 g/mol. The molecular weight excluding hydrogens is 312 g/mol. The zero-order valence-electron chi connectivity index (χ0n) is 13.2. The number of hydrogen-bond donors (Lipinski definition) is 2. The summed E-state index contributed by atoms with van der Waals surface area (Å²) in [6.45, 7) is 0. The van der Waals surface area contributed by atoms with Gasteiger partial charge >= 0.3 is 0 Å². The lowest BCUT2D eigenvalue weighted by Crippen LogP contribution is -2.02. The van der Waals surface area contributed by atoms with Gasteiger partial charge in [0.2, 0.25) is 0 Å². The van der Waals surface area contributed by atoms with Gasteiger partial charge in [0.05, 0.1) is 5.69 Å². The average Bonchev–Trinajstić information content (AvgIpc) is 3.31. The monoisotopic (exact) mass is 326 g/mol. The summed E-state index contributed by atoms with van der Waals surface area (Å²) in [7, 11) is 0. The van der Waals surface area contributed by atoms with Gasteiger partial charge in [-0.25, -0.2) is 4.98 Å². The van der Waals surface area contributed by atoms with Crippen molar-refractivity contribution in [1.29, 1.82) is 0 Å². The minimum Gasteiger partial charge on any atom is -0.361 e. The van der Waals surface area contributed by atoms with Gasteiger partial charge in [-0.3, -0.25) is 0 Å². The van der Waals surface area contributed by atoms with E-state index in [1.165, 1.54) is 6.33 Å². The minimum absolute atomic E-state index is 0.562. The molecule has 6 nitrogen and oxygen atoms in total. The van der Waals surface area contributed by atoms with Crippen LogP contribution in [0.5, 0.6) is 0 Å². The van der Waals surface area contributed by atoms with Gasteiger partial charge in [-0.15, -0.1) is 0 Å². The Hall–Kier alpha value is -3.67. The number of anilines is 2. The SMILES string of the molecule is c1ccc(-c2cc(Nc3ccc4[nH]ccc4c3)n3ncnc3n2)cc1. The molecule has 0 aliphatic carbocycles. The zero-order valence-corrected chi connectivity index (χ0v) is 13.2. The van der Waals surface area contributed by atoms with Crippen molar-refractivity contribution in [3.63, 3.8) is 0 Å². The fourth-order valence-corrected chi connectivity index (χ4v) is 2.94. The second-order valence-corrected chi connectivity index (χ2v) is 5.77. The highest BCUT2D eigenvalue weighted by Crippen LogP contribution is 2.25. The number of aromatic amines is 1. The van der Waals surface area contributed by atoms with Crippen molar-refractivity contribution < 1.29 is 0 Å². The molecule has 3 heterocycles. The highest BCUT2D eigenvalue weighted by molar-refractivity contribution is 5.84. The Morgan fingerprint density at radius 3 is 2.80 bits per heavy atom. The smallest absolute Gasteiger partial charge is 0.254 e. The summed E-state index contributed by atoms with van der Waals surface area (Å²) in [4.78, 5) is 12.0. The van der Waals surface area contributed by atoms with Crippen molar-refractivity contribution in [2.45, 2.75) is 0 Å². The summed E-state index contributed by atoms with van der Waals surface area (Å²) in [5, 5.41) is 8.86. The number of rotatable bonds is 3. The molecule has 6 heteroatoms. The first-order valence-corrected chi connectivity index (χ1v) is 7.97. The van der Waals surface area contributed by atoms with Gasteiger partial charge in [0.25, 0.3) is 5.78 Å². The molecule has 3 aromatic heterocycles. The summed E-state index contributed by atoms with van der Waals surface area (Å²) in [6, 6.07) is 20.3. The quantitative estimate of drug-likeness (QED) is 0.525. The summed E-state index contributed by atoms with van der Waals surface area (Å²) < 4.78 is 1.70. The lowest BCUT2D eigenvalue weighted by Gasteiger charge is -2.10. The molecular formula is C19H14N6. The Morgan fingerprint density at radius 1 is 0.960 bits per heavy atom. The van der Waals surface area contributed by atoms with Crippen molar-refractivity contribution >= 4 is 28.2 Å². The van der Waals surface area contributed by atoms with Gasteiger partial charge in [-0.2, -0.15) is 14.6 Å². The number of fused-ring (bicyclic) bond motifs is 2. The highest BCUT2D eigenvalue weighted by Gasteiger charge is 2.09. The van der Waals surface area contributed by atoms with Crippen LogP contribution in [0.3, 0.4) is 0 Å². The Morgan fingerprint density at radius 2 is 1.88 bits per heavy atom. The standard InChI is InChI=1S/C19H14N6/c1-2-4-13(5-3-1)17-11-18(25-19(24-17)21-12-22-25)23-15-6-7-16-14(10-15)8-9-20-16/h1-12,20,23H. The third-order valence-electron chi connectivity index (χ3n) is 4.15. The van der Waals surface area contributed by atoms with E-state index >= 15 is 0 Å². The Labute approximate surface area is 143 Å². The zero-order chi connectivity index (χ0) is 16.6. The summed E-state index contributed by atoms with van der Waals surface area (Å²) >= 11 is 0. The van der Waals surface area contributed by atoms with Gasteiger partial charge in [0, 0.05) is 34.4 Å². The number of aromatic nitrogens is 5. The predicted molar refractivity (Wildman–Crippen MR) is 97.8 cm³/mol. The second-order valence-electron chi connectivity index (χ2n) is 5.77. The molecule has 5 aromatic rings. The number of nitrogens with zero attached hydrogens (tertiary/aromatic N) is 4. The first kappa shape index (κ1) is 13.7. The van der Waals surface area contributed by atoms with Crippen LogP contribution in [0.4, 0.5) is 11.5 Å². The minimum atomic E-state index is 0.562. The van der Waals surface area contributed by atoms with Crippen molar-refractivity contribution in [2.24, 2.45) is 0 Å². The third-order valence-corrected chi connectivity index (χ3v) is 4.15. The first-order valence-electron chi connectivity index (χ1n) is 7.97. The van der Waals surface area contributed by atoms with Gasteiger partial charge in [0.15, 0.2) is 0 Å². The lowest BCUT2D eigenvalue weighted by molar-refractivity contribution is 0.949. The van der Waals surface area contributed by atoms with Crippen LogP contribution in [0.1, 0.15) is 0 Å². The van der Waals surface area contributed by atoms with E-state index in [0.29, 0.717) is 5.78 Å². The Balaban J connectivity index is 1.62. The topological polar surface area (TPSA) is 70.9 Å². The van der Waals surface area contributed by atoms with Crippen molar-refractivity contribution in [3.05, 3.63) is 73.2 Å². The largest absolute Gasteiger partial charge is 0.361 e. The van der Waals surface area contributed by atoms with E-state index in [-0.39, 0.29) is 0 Å². The van der Waals surface area contributed by atoms with Crippen LogP contribution in [0.2, 0.25) is 0 Å². The number of nitrogens with one attached hydrogen (secondary N) is 2. The van der Waals surface area contributed by atoms with Crippen molar-refractivity contribution in [1.82, 2.24) is 24.6 Å². The predicted octanol–water partition coefficient (Wildman–Crippen LogP) is 4.02. The Bertz CT molecular complexity index is 1170. The molecule has 0 bridgehead atoms. The van der Waals surface area contributed by atoms with Crippen molar-refractivity contribution in [2.75, 3.05) is 5.32 Å². The van der Waals surface area contributed by atoms with E-state index in [1.54, 1.807) is 4.52 Å². The van der Waals surface area contributed by atoms with E-state index in [2.05, 4.69) is 37.5 Å². The third kappa shape index (κ3) is 2.40. The van der Waals surface area contributed by atoms with Gasteiger partial charge in [-0.05, 0) is 24.3 Å². The van der Waals surface area contributed by atoms with E-state index < -0.39 is 0 Å². The molecule has 0 fully saturated rings. The van der Waals surface area contributed by atoms with Crippen LogP contribution in [-0.2, 0) is 0 Å². The van der Waals surface area contributed by atoms with Crippen LogP contribution in [0, 0.1) is 0 Å². The second kappa shape index (κ2) is 5.45. The van der Waals surface area contributed by atoms with Crippen LogP contribution in [0.15, 0.2) is 73.2 Å². The van der Waals surface area contributed by atoms with Crippen LogP contribution in [0.25, 0.3) is 27.9 Å². The van der Waals surface area contributed by atoms with Gasteiger partial charge in [0.1, 0.15) is 12.1 Å². The molecule has 120 valence electrons. The van der Waals surface area contributed by atoms with Crippen LogP contribution >= 0.6 is 0 Å². The summed E-state index contributed by atoms with van der Waals surface area (Å²) in [6.07, 6.45) is 3.45. The maximum Gasteiger partial charge on any atom is 0.254 e. The fraction of sp³-hybridized carbons (Fsp3) is 0. The molecule has 0 aliphatic heterocycles. The summed E-state index contributed by atoms with van der Waals surface area (Å²) in [5.74, 6) is 1.38. The maximum atomic E-state index is 4.59. The van der Waals surface area contributed by atoms with E-state index in [0.717, 1.165) is 33.7 Å². The lowest BCUT2D eigenvalue weighted by atomic mass is 10.1. The number of hydrogen-bond acceptors (Lipinski definition) is 4. The summed E-state index contributed by atoms with van der Waals surface area (Å²) in [5.41, 5.74) is 3.98. The van der Waals surface area contributed by atoms with E-state index in [1.807, 2.05) is 54.7 Å². The maximum absolute atomic E-state index is 4.59. The van der Waals surface area contributed by atoms with Gasteiger partial charge in [-0.1, -0.05) is 30.3 Å². The van der Waals surface area contributed by atoms with E-state index in [4.69, 9.17) is 0 Å². The van der Waals surface area contributed by atoms with Gasteiger partial charge < -0.3 is 10.3 Å². The highest BCUT2D eigenvalue weighted by atomic mass is 15.3. The molecule has 0 radical (unpaired) electrons. The number of H-pyrrole nitrogens is 1.